The quantitative estimate of drug-likeness (QED) is 0.807. The van der Waals surface area contributed by atoms with Crippen molar-refractivity contribution in [3.8, 4) is 0 Å². The van der Waals surface area contributed by atoms with Gasteiger partial charge < -0.3 is 5.32 Å². The van der Waals surface area contributed by atoms with Crippen molar-refractivity contribution in [3.63, 3.8) is 0 Å². The number of hydrogen-bond donors (Lipinski definition) is 1. The molecular weight excluding hydrogens is 286 g/mol. The van der Waals surface area contributed by atoms with Crippen LogP contribution in [0.5, 0.6) is 0 Å². The first-order valence-electron chi connectivity index (χ1n) is 5.71. The first-order chi connectivity index (χ1) is 8.79. The van der Waals surface area contributed by atoms with E-state index in [-0.39, 0.29) is 0 Å². The first kappa shape index (κ1) is 13.6. The summed E-state index contributed by atoms with van der Waals surface area (Å²) in [4.78, 5) is 9.80. The van der Waals surface area contributed by atoms with Crippen LogP contribution in [0, 0.1) is 0 Å². The molecule has 0 bridgehead atoms. The second-order valence-corrected chi connectivity index (χ2v) is 6.12. The fourth-order valence-corrected chi connectivity index (χ4v) is 3.33. The molecule has 2 rings (SSSR count). The number of hydrogen-bond acceptors (Lipinski definition) is 5. The van der Waals surface area contributed by atoms with Gasteiger partial charge in [-0.2, -0.15) is 0 Å². The van der Waals surface area contributed by atoms with Gasteiger partial charge in [0.25, 0.3) is 0 Å². The summed E-state index contributed by atoms with van der Waals surface area (Å²) in [6, 6.07) is 3.70. The maximum atomic E-state index is 6.06. The van der Waals surface area contributed by atoms with E-state index in [0.717, 1.165) is 28.9 Å². The topological polar surface area (TPSA) is 37.8 Å². The van der Waals surface area contributed by atoms with Gasteiger partial charge >= 0.3 is 0 Å². The molecule has 0 saturated carbocycles. The third kappa shape index (κ3) is 3.86. The lowest BCUT2D eigenvalue weighted by molar-refractivity contribution is 0.976. The zero-order valence-electron chi connectivity index (χ0n) is 10.0. The minimum absolute atomic E-state index is 0.705. The van der Waals surface area contributed by atoms with Crippen molar-refractivity contribution in [2.75, 3.05) is 11.9 Å². The van der Waals surface area contributed by atoms with Gasteiger partial charge in [-0.25, -0.2) is 9.97 Å². The lowest BCUT2D eigenvalue weighted by Crippen LogP contribution is -1.97. The van der Waals surface area contributed by atoms with Gasteiger partial charge in [0.1, 0.15) is 5.03 Å². The van der Waals surface area contributed by atoms with E-state index < -0.39 is 0 Å². The van der Waals surface area contributed by atoms with E-state index in [2.05, 4.69) is 22.2 Å². The third-order valence-corrected chi connectivity index (χ3v) is 4.76. The van der Waals surface area contributed by atoms with E-state index in [4.69, 9.17) is 11.6 Å². The minimum Gasteiger partial charge on any atom is -0.362 e. The summed E-state index contributed by atoms with van der Waals surface area (Å²) >= 11 is 9.38. The largest absolute Gasteiger partial charge is 0.362 e. The normalized spacial score (nSPS) is 10.6. The van der Waals surface area contributed by atoms with Crippen LogP contribution < -0.4 is 5.32 Å². The molecule has 0 aromatic carbocycles. The van der Waals surface area contributed by atoms with Crippen molar-refractivity contribution in [3.05, 3.63) is 34.4 Å². The Bertz CT molecular complexity index is 502. The molecule has 18 heavy (non-hydrogen) atoms. The molecular formula is C12H14ClN3S2. The number of thioether (sulfide) groups is 1. The van der Waals surface area contributed by atoms with E-state index in [0.29, 0.717) is 5.02 Å². The summed E-state index contributed by atoms with van der Waals surface area (Å²) in [7, 11) is 0. The van der Waals surface area contributed by atoms with Gasteiger partial charge in [0.15, 0.2) is 5.13 Å². The van der Waals surface area contributed by atoms with Crippen molar-refractivity contribution in [1.29, 1.82) is 0 Å². The fourth-order valence-electron chi connectivity index (χ4n) is 1.30. The predicted molar refractivity (Wildman–Crippen MR) is 79.7 cm³/mol. The van der Waals surface area contributed by atoms with Crippen LogP contribution in [0.1, 0.15) is 18.2 Å². The average Bonchev–Trinajstić information content (AvgIpc) is 2.83. The van der Waals surface area contributed by atoms with E-state index in [1.54, 1.807) is 29.3 Å². The van der Waals surface area contributed by atoms with Gasteiger partial charge in [-0.3, -0.25) is 0 Å². The molecule has 0 aliphatic heterocycles. The number of halogens is 1. The van der Waals surface area contributed by atoms with Crippen molar-refractivity contribution in [2.45, 2.75) is 24.1 Å². The van der Waals surface area contributed by atoms with Crippen LogP contribution in [-0.4, -0.2) is 16.5 Å². The number of rotatable bonds is 6. The second-order valence-electron chi connectivity index (χ2n) is 3.64. The Morgan fingerprint density at radius 2 is 2.33 bits per heavy atom. The van der Waals surface area contributed by atoms with Crippen LogP contribution in [-0.2, 0) is 5.75 Å². The van der Waals surface area contributed by atoms with Crippen molar-refractivity contribution in [2.24, 2.45) is 0 Å². The van der Waals surface area contributed by atoms with E-state index in [9.17, 15) is 0 Å². The molecule has 0 spiro atoms. The molecule has 0 saturated heterocycles. The van der Waals surface area contributed by atoms with Gasteiger partial charge in [0.05, 0.1) is 5.02 Å². The number of pyridine rings is 1. The summed E-state index contributed by atoms with van der Waals surface area (Å²) in [5.41, 5.74) is 0. The second kappa shape index (κ2) is 6.97. The molecule has 0 aliphatic rings. The Balaban J connectivity index is 1.90. The zero-order valence-corrected chi connectivity index (χ0v) is 12.4. The van der Waals surface area contributed by atoms with Gasteiger partial charge in [0.2, 0.25) is 0 Å². The lowest BCUT2D eigenvalue weighted by atomic mass is 10.5. The van der Waals surface area contributed by atoms with E-state index in [1.807, 2.05) is 18.3 Å². The van der Waals surface area contributed by atoms with Gasteiger partial charge in [-0.1, -0.05) is 30.3 Å². The van der Waals surface area contributed by atoms with Crippen molar-refractivity contribution in [1.82, 2.24) is 9.97 Å². The molecule has 1 N–H and O–H groups in total. The summed E-state index contributed by atoms with van der Waals surface area (Å²) in [5.74, 6) is 0.849. The summed E-state index contributed by atoms with van der Waals surface area (Å²) < 4.78 is 0. The van der Waals surface area contributed by atoms with Gasteiger partial charge in [-0.15, -0.1) is 11.3 Å². The maximum Gasteiger partial charge on any atom is 0.182 e. The molecule has 2 aromatic heterocycles. The number of anilines is 1. The monoisotopic (exact) mass is 299 g/mol. The highest BCUT2D eigenvalue weighted by molar-refractivity contribution is 7.98. The van der Waals surface area contributed by atoms with E-state index >= 15 is 0 Å². The van der Waals surface area contributed by atoms with Crippen LogP contribution in [0.3, 0.4) is 0 Å². The zero-order chi connectivity index (χ0) is 12.8. The minimum atomic E-state index is 0.705. The van der Waals surface area contributed by atoms with Crippen LogP contribution in [0.25, 0.3) is 0 Å². The fraction of sp³-hybridized carbons (Fsp3) is 0.333. The predicted octanol–water partition coefficient (Wildman–Crippen LogP) is 4.31. The molecule has 3 nitrogen and oxygen atoms in total. The number of aromatic nitrogens is 2. The SMILES string of the molecule is CCCNc1ncc(CSc2ncccc2Cl)s1. The highest BCUT2D eigenvalue weighted by Crippen LogP contribution is 2.30. The highest BCUT2D eigenvalue weighted by atomic mass is 35.5. The Kier molecular flexibility index (Phi) is 5.28. The summed E-state index contributed by atoms with van der Waals surface area (Å²) in [6.07, 6.45) is 4.77. The molecule has 0 fully saturated rings. The van der Waals surface area contributed by atoms with Crippen LogP contribution in [0.4, 0.5) is 5.13 Å². The lowest BCUT2D eigenvalue weighted by Gasteiger charge is -2.00. The standard InChI is InChI=1S/C12H14ClN3S2/c1-2-5-15-12-16-7-9(18-12)8-17-11-10(13)4-3-6-14-11/h3-4,6-7H,2,5,8H2,1H3,(H,15,16). The molecule has 0 radical (unpaired) electrons. The smallest absolute Gasteiger partial charge is 0.182 e. The molecule has 0 aliphatic carbocycles. The number of nitrogens with one attached hydrogen (secondary N) is 1. The molecule has 0 unspecified atom stereocenters. The molecule has 0 atom stereocenters. The average molecular weight is 300 g/mol. The molecule has 96 valence electrons. The maximum absolute atomic E-state index is 6.06. The van der Waals surface area contributed by atoms with Crippen LogP contribution >= 0.6 is 34.7 Å². The Hall–Kier alpha value is -0.780. The van der Waals surface area contributed by atoms with Crippen molar-refractivity contribution >= 4 is 39.8 Å². The first-order valence-corrected chi connectivity index (χ1v) is 7.89. The molecule has 0 amide bonds. The Morgan fingerprint density at radius 1 is 1.44 bits per heavy atom. The van der Waals surface area contributed by atoms with Crippen LogP contribution in [0.2, 0.25) is 5.02 Å². The van der Waals surface area contributed by atoms with Gasteiger partial charge in [0, 0.05) is 29.6 Å². The van der Waals surface area contributed by atoms with Crippen LogP contribution in [0.15, 0.2) is 29.6 Å². The van der Waals surface area contributed by atoms with E-state index in [1.165, 1.54) is 4.88 Å². The summed E-state index contributed by atoms with van der Waals surface area (Å²) in [5, 5.41) is 5.84. The highest BCUT2D eigenvalue weighted by Gasteiger charge is 2.05. The summed E-state index contributed by atoms with van der Waals surface area (Å²) in [6.45, 7) is 3.10. The number of nitrogens with zero attached hydrogens (tertiary/aromatic N) is 2. The Morgan fingerprint density at radius 3 is 3.11 bits per heavy atom. The molecule has 2 heterocycles. The van der Waals surface area contributed by atoms with Crippen molar-refractivity contribution < 1.29 is 0 Å². The third-order valence-electron chi connectivity index (χ3n) is 2.16. The Labute approximate surface area is 120 Å². The molecule has 2 aromatic rings. The molecule has 6 heteroatoms. The number of thiazole rings is 1. The van der Waals surface area contributed by atoms with Gasteiger partial charge in [-0.05, 0) is 18.6 Å².